The van der Waals surface area contributed by atoms with Crippen LogP contribution in [0.3, 0.4) is 0 Å². The fourth-order valence-corrected chi connectivity index (χ4v) is 2.44. The first-order chi connectivity index (χ1) is 9.82. The number of halogens is 1. The van der Waals surface area contributed by atoms with Crippen LogP contribution in [0.1, 0.15) is 16.7 Å². The average molecular weight is 298 g/mol. The molecule has 3 aromatic rings. The number of aliphatic hydroxyl groups is 1. The highest BCUT2D eigenvalue weighted by atomic mass is 35.5. The number of rotatable bonds is 3. The second-order valence-electron chi connectivity index (χ2n) is 4.68. The van der Waals surface area contributed by atoms with Gasteiger partial charge in [0.1, 0.15) is 5.60 Å². The van der Waals surface area contributed by atoms with Gasteiger partial charge in [0.05, 0.1) is 0 Å². The van der Waals surface area contributed by atoms with E-state index in [0.29, 0.717) is 0 Å². The zero-order valence-electron chi connectivity index (χ0n) is 11.4. The van der Waals surface area contributed by atoms with Crippen LogP contribution in [0.15, 0.2) is 85.2 Å². The molecule has 0 fully saturated rings. The molecule has 0 atom stereocenters. The fraction of sp³-hybridized carbons (Fsp3) is 0.0556. The van der Waals surface area contributed by atoms with E-state index in [0.717, 1.165) is 16.7 Å². The van der Waals surface area contributed by atoms with Gasteiger partial charge in [-0.3, -0.25) is 4.98 Å². The molecule has 0 aliphatic heterocycles. The van der Waals surface area contributed by atoms with Crippen molar-refractivity contribution >= 4 is 12.4 Å². The molecule has 0 saturated carbocycles. The highest BCUT2D eigenvalue weighted by Gasteiger charge is 2.33. The molecule has 0 radical (unpaired) electrons. The summed E-state index contributed by atoms with van der Waals surface area (Å²) in [6.45, 7) is 0. The molecule has 2 aromatic carbocycles. The predicted octanol–water partition coefficient (Wildman–Crippen LogP) is 3.79. The number of benzene rings is 2. The molecule has 0 spiro atoms. The molecule has 21 heavy (non-hydrogen) atoms. The van der Waals surface area contributed by atoms with E-state index in [2.05, 4.69) is 4.98 Å². The second kappa shape index (κ2) is 6.53. The number of nitrogens with zero attached hydrogens (tertiary/aromatic N) is 1. The van der Waals surface area contributed by atoms with Gasteiger partial charge in [-0.25, -0.2) is 0 Å². The molecule has 1 N–H and O–H groups in total. The van der Waals surface area contributed by atoms with Crippen molar-refractivity contribution < 1.29 is 5.11 Å². The summed E-state index contributed by atoms with van der Waals surface area (Å²) in [5.41, 5.74) is 1.24. The summed E-state index contributed by atoms with van der Waals surface area (Å²) in [4.78, 5) is 4.14. The monoisotopic (exact) mass is 297 g/mol. The van der Waals surface area contributed by atoms with Gasteiger partial charge in [0.25, 0.3) is 0 Å². The summed E-state index contributed by atoms with van der Waals surface area (Å²) in [6, 6.07) is 23.1. The normalized spacial score (nSPS) is 10.7. The number of hydrogen-bond acceptors (Lipinski definition) is 2. The Labute approximate surface area is 130 Å². The maximum absolute atomic E-state index is 11.4. The minimum Gasteiger partial charge on any atom is -0.376 e. The first-order valence-corrected chi connectivity index (χ1v) is 6.56. The third-order valence-electron chi connectivity index (χ3n) is 3.46. The van der Waals surface area contributed by atoms with E-state index in [4.69, 9.17) is 0 Å². The van der Waals surface area contributed by atoms with E-state index in [1.165, 1.54) is 0 Å². The van der Waals surface area contributed by atoms with E-state index >= 15 is 0 Å². The number of pyridine rings is 1. The van der Waals surface area contributed by atoms with Crippen LogP contribution >= 0.6 is 12.4 Å². The Balaban J connectivity index is 0.00000161. The van der Waals surface area contributed by atoms with Crippen molar-refractivity contribution in [1.82, 2.24) is 4.98 Å². The summed E-state index contributed by atoms with van der Waals surface area (Å²) in [6.07, 6.45) is 3.42. The standard InChI is InChI=1S/C18H15NO.ClH/c20-18(15-8-3-1-4-9-15,16-10-5-2-6-11-16)17-12-7-13-19-14-17;/h1-14,20H;1H. The molecule has 0 aliphatic carbocycles. The number of aromatic nitrogens is 1. The van der Waals surface area contributed by atoms with Gasteiger partial charge in [-0.1, -0.05) is 66.7 Å². The maximum Gasteiger partial charge on any atom is 0.142 e. The van der Waals surface area contributed by atoms with E-state index < -0.39 is 5.60 Å². The van der Waals surface area contributed by atoms with Gasteiger partial charge in [0.15, 0.2) is 0 Å². The minimum atomic E-state index is -1.18. The molecule has 3 heteroatoms. The van der Waals surface area contributed by atoms with Crippen LogP contribution < -0.4 is 0 Å². The van der Waals surface area contributed by atoms with Gasteiger partial charge in [-0.05, 0) is 17.2 Å². The molecular weight excluding hydrogens is 282 g/mol. The van der Waals surface area contributed by atoms with Crippen LogP contribution in [0.2, 0.25) is 0 Å². The van der Waals surface area contributed by atoms with Gasteiger partial charge >= 0.3 is 0 Å². The van der Waals surface area contributed by atoms with Crippen LogP contribution in [0.4, 0.5) is 0 Å². The molecule has 1 heterocycles. The van der Waals surface area contributed by atoms with Gasteiger partial charge in [-0.15, -0.1) is 12.4 Å². The number of hydrogen-bond donors (Lipinski definition) is 1. The van der Waals surface area contributed by atoms with Gasteiger partial charge in [0.2, 0.25) is 0 Å². The average Bonchev–Trinajstić information content (AvgIpc) is 2.56. The summed E-state index contributed by atoms with van der Waals surface area (Å²) in [5, 5.41) is 11.4. The lowest BCUT2D eigenvalue weighted by atomic mass is 9.81. The quantitative estimate of drug-likeness (QED) is 0.798. The Kier molecular flexibility index (Phi) is 4.73. The Bertz CT molecular complexity index is 575. The van der Waals surface area contributed by atoms with Crippen LogP contribution in [0.5, 0.6) is 0 Å². The molecule has 0 amide bonds. The molecule has 2 nitrogen and oxygen atoms in total. The minimum absolute atomic E-state index is 0. The van der Waals surface area contributed by atoms with E-state index in [-0.39, 0.29) is 12.4 Å². The van der Waals surface area contributed by atoms with Crippen molar-refractivity contribution in [2.24, 2.45) is 0 Å². The third-order valence-corrected chi connectivity index (χ3v) is 3.46. The highest BCUT2D eigenvalue weighted by Crippen LogP contribution is 2.35. The second-order valence-corrected chi connectivity index (χ2v) is 4.68. The Morgan fingerprint density at radius 3 is 1.57 bits per heavy atom. The summed E-state index contributed by atoms with van der Waals surface area (Å²) >= 11 is 0. The molecule has 0 bridgehead atoms. The van der Waals surface area contributed by atoms with E-state index in [9.17, 15) is 5.11 Å². The van der Waals surface area contributed by atoms with Crippen molar-refractivity contribution in [3.63, 3.8) is 0 Å². The van der Waals surface area contributed by atoms with Crippen LogP contribution in [0, 0.1) is 0 Å². The molecule has 3 rings (SSSR count). The van der Waals surface area contributed by atoms with E-state index in [1.807, 2.05) is 72.8 Å². The first kappa shape index (κ1) is 15.2. The van der Waals surface area contributed by atoms with E-state index in [1.54, 1.807) is 12.4 Å². The lowest BCUT2D eigenvalue weighted by molar-refractivity contribution is 0.125. The maximum atomic E-state index is 11.4. The topological polar surface area (TPSA) is 33.1 Å². The summed E-state index contributed by atoms with van der Waals surface area (Å²) in [7, 11) is 0. The van der Waals surface area contributed by atoms with Crippen LogP contribution in [-0.2, 0) is 5.60 Å². The molecule has 1 aromatic heterocycles. The lowest BCUT2D eigenvalue weighted by Crippen LogP contribution is -2.28. The van der Waals surface area contributed by atoms with Crippen LogP contribution in [0.25, 0.3) is 0 Å². The Hall–Kier alpha value is -2.16. The van der Waals surface area contributed by atoms with Gasteiger partial charge in [-0.2, -0.15) is 0 Å². The van der Waals surface area contributed by atoms with Crippen molar-refractivity contribution in [3.05, 3.63) is 102 Å². The zero-order valence-corrected chi connectivity index (χ0v) is 12.2. The Morgan fingerprint density at radius 1 is 0.667 bits per heavy atom. The molecule has 106 valence electrons. The summed E-state index contributed by atoms with van der Waals surface area (Å²) in [5.74, 6) is 0. The fourth-order valence-electron chi connectivity index (χ4n) is 2.44. The molecule has 0 unspecified atom stereocenters. The van der Waals surface area contributed by atoms with Crippen molar-refractivity contribution in [2.75, 3.05) is 0 Å². The molecule has 0 aliphatic rings. The first-order valence-electron chi connectivity index (χ1n) is 6.56. The lowest BCUT2D eigenvalue weighted by Gasteiger charge is -2.29. The molecule has 0 saturated heterocycles. The van der Waals surface area contributed by atoms with Gasteiger partial charge in [0, 0.05) is 18.0 Å². The third kappa shape index (κ3) is 2.82. The Morgan fingerprint density at radius 2 is 1.14 bits per heavy atom. The summed E-state index contributed by atoms with van der Waals surface area (Å²) < 4.78 is 0. The smallest absolute Gasteiger partial charge is 0.142 e. The highest BCUT2D eigenvalue weighted by molar-refractivity contribution is 5.85. The SMILES string of the molecule is Cl.OC(c1ccccc1)(c1ccccc1)c1cccnc1. The largest absolute Gasteiger partial charge is 0.376 e. The van der Waals surface area contributed by atoms with Crippen molar-refractivity contribution in [2.45, 2.75) is 5.60 Å². The molecular formula is C18H16ClNO. The van der Waals surface area contributed by atoms with Crippen molar-refractivity contribution in [1.29, 1.82) is 0 Å². The van der Waals surface area contributed by atoms with Crippen molar-refractivity contribution in [3.8, 4) is 0 Å². The zero-order chi connectivity index (χ0) is 13.8. The van der Waals surface area contributed by atoms with Gasteiger partial charge < -0.3 is 5.11 Å². The predicted molar refractivity (Wildman–Crippen MR) is 86.5 cm³/mol. The van der Waals surface area contributed by atoms with Crippen LogP contribution in [-0.4, -0.2) is 10.1 Å².